The summed E-state index contributed by atoms with van der Waals surface area (Å²) in [5.41, 5.74) is 3.66. The summed E-state index contributed by atoms with van der Waals surface area (Å²) < 4.78 is 10.4. The molecule has 1 heterocycles. The monoisotopic (exact) mass is 479 g/mol. The number of nitrogens with zero attached hydrogens (tertiary/aromatic N) is 1. The van der Waals surface area contributed by atoms with Crippen LogP contribution >= 0.6 is 12.2 Å². The Hall–Kier alpha value is -3.49. The molecule has 0 radical (unpaired) electrons. The number of benzene rings is 2. The van der Waals surface area contributed by atoms with Gasteiger partial charge in [0.05, 0.1) is 18.2 Å². The van der Waals surface area contributed by atoms with Gasteiger partial charge in [0.25, 0.3) is 0 Å². The van der Waals surface area contributed by atoms with Crippen molar-refractivity contribution in [3.63, 3.8) is 0 Å². The number of allylic oxidation sites excluding steroid dienone is 1. The van der Waals surface area contributed by atoms with Gasteiger partial charge in [-0.2, -0.15) is 0 Å². The van der Waals surface area contributed by atoms with Crippen LogP contribution in [0, 0.1) is 0 Å². The van der Waals surface area contributed by atoms with Gasteiger partial charge < -0.3 is 25.0 Å². The van der Waals surface area contributed by atoms with Gasteiger partial charge in [-0.1, -0.05) is 42.5 Å². The van der Waals surface area contributed by atoms with Gasteiger partial charge in [-0.15, -0.1) is 0 Å². The summed E-state index contributed by atoms with van der Waals surface area (Å²) in [7, 11) is 1.55. The number of thiocarbonyl (C=S) groups is 1. The third-order valence-corrected chi connectivity index (χ3v) is 5.73. The Morgan fingerprint density at radius 1 is 1.12 bits per heavy atom. The van der Waals surface area contributed by atoms with E-state index < -0.39 is 12.0 Å². The molecule has 8 heteroatoms. The van der Waals surface area contributed by atoms with Crippen molar-refractivity contribution in [3.8, 4) is 0 Å². The van der Waals surface area contributed by atoms with Crippen LogP contribution in [-0.2, 0) is 19.1 Å². The molecule has 0 aromatic heterocycles. The van der Waals surface area contributed by atoms with Crippen LogP contribution in [0.2, 0.25) is 0 Å². The van der Waals surface area contributed by atoms with E-state index in [9.17, 15) is 9.59 Å². The number of carbonyl (C=O) groups excluding carboxylic acids is 2. The zero-order valence-electron chi connectivity index (χ0n) is 19.5. The van der Waals surface area contributed by atoms with Crippen molar-refractivity contribution in [1.29, 1.82) is 0 Å². The molecule has 2 aromatic rings. The largest absolute Gasteiger partial charge is 0.460 e. The van der Waals surface area contributed by atoms with Crippen molar-refractivity contribution in [2.45, 2.75) is 19.9 Å². The molecular formula is C26H29N3O4S. The lowest BCUT2D eigenvalue weighted by atomic mass is 9.95. The van der Waals surface area contributed by atoms with Gasteiger partial charge >= 0.3 is 5.97 Å². The van der Waals surface area contributed by atoms with Crippen LogP contribution in [0.15, 0.2) is 71.9 Å². The Morgan fingerprint density at radius 3 is 2.47 bits per heavy atom. The van der Waals surface area contributed by atoms with Crippen LogP contribution in [0.1, 0.15) is 31.0 Å². The summed E-state index contributed by atoms with van der Waals surface area (Å²) in [6, 6.07) is 16.4. The minimum atomic E-state index is -0.465. The molecule has 0 bridgehead atoms. The summed E-state index contributed by atoms with van der Waals surface area (Å²) in [5, 5.41) is 6.64. The average molecular weight is 480 g/mol. The molecule has 2 N–H and O–H groups in total. The van der Waals surface area contributed by atoms with E-state index in [1.807, 2.05) is 61.2 Å². The van der Waals surface area contributed by atoms with E-state index in [2.05, 4.69) is 10.6 Å². The predicted molar refractivity (Wildman–Crippen MR) is 137 cm³/mol. The highest BCUT2D eigenvalue weighted by molar-refractivity contribution is 7.80. The lowest BCUT2D eigenvalue weighted by molar-refractivity contribution is -0.140. The number of anilines is 1. The second-order valence-corrected chi connectivity index (χ2v) is 8.00. The van der Waals surface area contributed by atoms with E-state index in [1.165, 1.54) is 6.08 Å². The molecule has 0 aliphatic carbocycles. The molecule has 3 rings (SSSR count). The van der Waals surface area contributed by atoms with Gasteiger partial charge in [-0.25, -0.2) is 4.79 Å². The molecule has 1 aliphatic heterocycles. The number of amides is 1. The van der Waals surface area contributed by atoms with Crippen molar-refractivity contribution in [3.05, 3.63) is 83.1 Å². The summed E-state index contributed by atoms with van der Waals surface area (Å²) in [5.74, 6) is -0.651. The third-order valence-electron chi connectivity index (χ3n) is 5.39. The molecule has 1 unspecified atom stereocenters. The van der Waals surface area contributed by atoms with E-state index in [4.69, 9.17) is 21.7 Å². The van der Waals surface area contributed by atoms with Crippen LogP contribution in [-0.4, -0.2) is 48.8 Å². The highest BCUT2D eigenvalue weighted by Gasteiger charge is 2.34. The lowest BCUT2D eigenvalue weighted by Crippen LogP contribution is -2.47. The Bertz CT molecular complexity index is 1080. The Labute approximate surface area is 205 Å². The molecule has 178 valence electrons. The first-order chi connectivity index (χ1) is 16.4. The van der Waals surface area contributed by atoms with Gasteiger partial charge in [-0.3, -0.25) is 4.79 Å². The second-order valence-electron chi connectivity index (χ2n) is 7.61. The minimum Gasteiger partial charge on any atom is -0.460 e. The van der Waals surface area contributed by atoms with Crippen LogP contribution in [0.25, 0.3) is 6.08 Å². The highest BCUT2D eigenvalue weighted by Crippen LogP contribution is 2.32. The quantitative estimate of drug-likeness (QED) is 0.243. The fourth-order valence-corrected chi connectivity index (χ4v) is 4.03. The summed E-state index contributed by atoms with van der Waals surface area (Å²) in [6.07, 6.45) is 3.25. The Morgan fingerprint density at radius 2 is 1.82 bits per heavy atom. The van der Waals surface area contributed by atoms with Crippen LogP contribution < -0.4 is 10.6 Å². The topological polar surface area (TPSA) is 79.9 Å². The van der Waals surface area contributed by atoms with Gasteiger partial charge in [0.2, 0.25) is 5.91 Å². The first-order valence-electron chi connectivity index (χ1n) is 11.0. The first kappa shape index (κ1) is 25.1. The molecule has 7 nitrogen and oxygen atoms in total. The van der Waals surface area contributed by atoms with Crippen molar-refractivity contribution in [2.75, 3.05) is 32.2 Å². The van der Waals surface area contributed by atoms with E-state index in [-0.39, 0.29) is 12.5 Å². The van der Waals surface area contributed by atoms with Crippen molar-refractivity contribution < 1.29 is 19.1 Å². The molecule has 1 aliphatic rings. The van der Waals surface area contributed by atoms with Crippen LogP contribution in [0.3, 0.4) is 0 Å². The normalized spacial score (nSPS) is 15.9. The molecule has 34 heavy (non-hydrogen) atoms. The number of carbonyl (C=O) groups is 2. The zero-order chi connectivity index (χ0) is 24.5. The summed E-state index contributed by atoms with van der Waals surface area (Å²) in [4.78, 5) is 27.1. The number of hydrogen-bond donors (Lipinski definition) is 2. The van der Waals surface area contributed by atoms with Gasteiger partial charge in [0.1, 0.15) is 6.61 Å². The molecular weight excluding hydrogens is 450 g/mol. The van der Waals surface area contributed by atoms with Crippen LogP contribution in [0.4, 0.5) is 5.69 Å². The Balaban J connectivity index is 1.77. The standard InChI is InChI=1S/C26H29N3O4S/c1-4-29-18(2)23(25(31)33-17-16-32-3)24(28-26(29)34)20-11-13-21(14-12-20)27-22(30)15-10-19-8-6-5-7-9-19/h5-15,24H,4,16-17H2,1-3H3,(H,27,30)(H,28,34). The Kier molecular flexibility index (Phi) is 8.95. The summed E-state index contributed by atoms with van der Waals surface area (Å²) in [6.45, 7) is 4.94. The molecule has 1 atom stereocenters. The maximum Gasteiger partial charge on any atom is 0.338 e. The fourth-order valence-electron chi connectivity index (χ4n) is 3.65. The van der Waals surface area contributed by atoms with Gasteiger partial charge in [0, 0.05) is 31.1 Å². The SMILES string of the molecule is CCN1C(=S)NC(c2ccc(NC(=O)C=Cc3ccccc3)cc2)C(C(=O)OCCOC)=C1C. The minimum absolute atomic E-state index is 0.164. The zero-order valence-corrected chi connectivity index (χ0v) is 20.4. The number of hydrogen-bond acceptors (Lipinski definition) is 5. The van der Waals surface area contributed by atoms with Crippen molar-refractivity contribution in [2.24, 2.45) is 0 Å². The maximum atomic E-state index is 12.9. The van der Waals surface area contributed by atoms with E-state index in [0.29, 0.717) is 29.5 Å². The smallest absolute Gasteiger partial charge is 0.338 e. The van der Waals surface area contributed by atoms with E-state index >= 15 is 0 Å². The maximum absolute atomic E-state index is 12.9. The van der Waals surface area contributed by atoms with Gasteiger partial charge in [0.15, 0.2) is 5.11 Å². The number of nitrogens with one attached hydrogen (secondary N) is 2. The third kappa shape index (κ3) is 6.30. The summed E-state index contributed by atoms with van der Waals surface area (Å²) >= 11 is 5.52. The number of esters is 1. The number of methoxy groups -OCH3 is 1. The highest BCUT2D eigenvalue weighted by atomic mass is 32.1. The molecule has 1 amide bonds. The second kappa shape index (κ2) is 12.1. The van der Waals surface area contributed by atoms with Gasteiger partial charge in [-0.05, 0) is 55.4 Å². The molecule has 2 aromatic carbocycles. The molecule has 0 saturated carbocycles. The van der Waals surface area contributed by atoms with Crippen molar-refractivity contribution in [1.82, 2.24) is 10.2 Å². The van der Waals surface area contributed by atoms with Crippen molar-refractivity contribution >= 4 is 41.0 Å². The van der Waals surface area contributed by atoms with E-state index in [0.717, 1.165) is 16.8 Å². The average Bonchev–Trinajstić information content (AvgIpc) is 2.84. The predicted octanol–water partition coefficient (Wildman–Crippen LogP) is 4.05. The van der Waals surface area contributed by atoms with Crippen LogP contribution in [0.5, 0.6) is 0 Å². The molecule has 0 saturated heterocycles. The molecule has 0 spiro atoms. The number of ether oxygens (including phenoxy) is 2. The fraction of sp³-hybridized carbons (Fsp3) is 0.269. The first-order valence-corrected chi connectivity index (χ1v) is 11.4. The lowest BCUT2D eigenvalue weighted by Gasteiger charge is -2.37. The van der Waals surface area contributed by atoms with E-state index in [1.54, 1.807) is 25.3 Å². The molecule has 0 fully saturated rings. The number of rotatable bonds is 9.